The fraction of sp³-hybridized carbons (Fsp3) is 0.211. The van der Waals surface area contributed by atoms with E-state index >= 15 is 0 Å². The number of aryl methyl sites for hydroxylation is 1. The summed E-state index contributed by atoms with van der Waals surface area (Å²) in [6.07, 6.45) is 6.13. The van der Waals surface area contributed by atoms with Crippen LogP contribution in [0.5, 0.6) is 5.75 Å². The number of benzene rings is 2. The van der Waals surface area contributed by atoms with E-state index in [1.54, 1.807) is 19.2 Å². The second-order valence-corrected chi connectivity index (χ2v) is 4.90. The molecule has 0 aliphatic rings. The van der Waals surface area contributed by atoms with Crippen molar-refractivity contribution in [2.45, 2.75) is 12.8 Å². The van der Waals surface area contributed by atoms with Crippen molar-refractivity contribution >= 4 is 12.0 Å². The third-order valence-corrected chi connectivity index (χ3v) is 3.40. The van der Waals surface area contributed by atoms with Gasteiger partial charge in [-0.15, -0.1) is 0 Å². The SMILES string of the molecule is COC(=O)c1ccc(CC/C=C/c2ccc(OC)cc2)cc1. The average Bonchev–Trinajstić information content (AvgIpc) is 2.59. The smallest absolute Gasteiger partial charge is 0.337 e. The fourth-order valence-corrected chi connectivity index (χ4v) is 2.11. The van der Waals surface area contributed by atoms with Crippen molar-refractivity contribution in [2.24, 2.45) is 0 Å². The standard InChI is InChI=1S/C19H20O3/c1-21-18-13-9-16(10-14-18)6-4-3-5-15-7-11-17(12-8-15)19(20)22-2/h4,6-14H,3,5H2,1-2H3/b6-4+. The number of rotatable bonds is 6. The largest absolute Gasteiger partial charge is 0.497 e. The Morgan fingerprint density at radius 3 is 2.27 bits per heavy atom. The first-order chi connectivity index (χ1) is 10.7. The molecule has 0 N–H and O–H groups in total. The molecule has 2 aromatic carbocycles. The number of allylic oxidation sites excluding steroid dienone is 1. The second-order valence-electron chi connectivity index (χ2n) is 4.90. The highest BCUT2D eigenvalue weighted by molar-refractivity contribution is 5.89. The first-order valence-corrected chi connectivity index (χ1v) is 7.21. The first-order valence-electron chi connectivity index (χ1n) is 7.21. The summed E-state index contributed by atoms with van der Waals surface area (Å²) in [5.74, 6) is 0.564. The number of carbonyl (C=O) groups excluding carboxylic acids is 1. The summed E-state index contributed by atoms with van der Waals surface area (Å²) in [7, 11) is 3.05. The lowest BCUT2D eigenvalue weighted by atomic mass is 10.1. The van der Waals surface area contributed by atoms with Gasteiger partial charge in [-0.1, -0.05) is 36.4 Å². The van der Waals surface area contributed by atoms with Gasteiger partial charge in [-0.2, -0.15) is 0 Å². The molecular weight excluding hydrogens is 276 g/mol. The lowest BCUT2D eigenvalue weighted by Crippen LogP contribution is -2.00. The summed E-state index contributed by atoms with van der Waals surface area (Å²) in [5.41, 5.74) is 2.94. The Hall–Kier alpha value is -2.55. The van der Waals surface area contributed by atoms with Crippen molar-refractivity contribution in [3.8, 4) is 5.75 Å². The Balaban J connectivity index is 1.84. The molecule has 0 aromatic heterocycles. The molecular formula is C19H20O3. The van der Waals surface area contributed by atoms with Gasteiger partial charge in [-0.05, 0) is 48.2 Å². The third-order valence-electron chi connectivity index (χ3n) is 3.40. The zero-order valence-corrected chi connectivity index (χ0v) is 12.9. The maximum atomic E-state index is 11.3. The van der Waals surface area contributed by atoms with Crippen molar-refractivity contribution < 1.29 is 14.3 Å². The molecule has 0 spiro atoms. The lowest BCUT2D eigenvalue weighted by Gasteiger charge is -2.02. The van der Waals surface area contributed by atoms with E-state index in [0.717, 1.165) is 24.2 Å². The number of methoxy groups -OCH3 is 2. The van der Waals surface area contributed by atoms with Crippen molar-refractivity contribution in [3.05, 3.63) is 71.3 Å². The highest BCUT2D eigenvalue weighted by Crippen LogP contribution is 2.13. The number of hydrogen-bond acceptors (Lipinski definition) is 3. The normalized spacial score (nSPS) is 10.6. The molecule has 0 amide bonds. The summed E-state index contributed by atoms with van der Waals surface area (Å²) in [6.45, 7) is 0. The number of ether oxygens (including phenoxy) is 2. The first kappa shape index (κ1) is 15.8. The van der Waals surface area contributed by atoms with E-state index in [9.17, 15) is 4.79 Å². The van der Waals surface area contributed by atoms with Crippen molar-refractivity contribution in [1.82, 2.24) is 0 Å². The molecule has 0 radical (unpaired) electrons. The minimum atomic E-state index is -0.300. The van der Waals surface area contributed by atoms with Crippen LogP contribution in [0.25, 0.3) is 6.08 Å². The van der Waals surface area contributed by atoms with Gasteiger partial charge in [0, 0.05) is 0 Å². The Morgan fingerprint density at radius 2 is 1.68 bits per heavy atom. The van der Waals surface area contributed by atoms with Crippen LogP contribution in [0.2, 0.25) is 0 Å². The second kappa shape index (κ2) is 8.03. The molecule has 0 fully saturated rings. The van der Waals surface area contributed by atoms with Gasteiger partial charge in [0.2, 0.25) is 0 Å². The minimum absolute atomic E-state index is 0.300. The molecule has 0 bridgehead atoms. The van der Waals surface area contributed by atoms with Crippen LogP contribution in [0.15, 0.2) is 54.6 Å². The van der Waals surface area contributed by atoms with Gasteiger partial charge < -0.3 is 9.47 Å². The van der Waals surface area contributed by atoms with E-state index < -0.39 is 0 Å². The fourth-order valence-electron chi connectivity index (χ4n) is 2.11. The Labute approximate surface area is 131 Å². The zero-order chi connectivity index (χ0) is 15.8. The van der Waals surface area contributed by atoms with Crippen molar-refractivity contribution in [2.75, 3.05) is 14.2 Å². The maximum Gasteiger partial charge on any atom is 0.337 e. The molecule has 22 heavy (non-hydrogen) atoms. The van der Waals surface area contributed by atoms with E-state index in [4.69, 9.17) is 4.74 Å². The van der Waals surface area contributed by atoms with Crippen LogP contribution < -0.4 is 4.74 Å². The third kappa shape index (κ3) is 4.48. The van der Waals surface area contributed by atoms with E-state index in [-0.39, 0.29) is 5.97 Å². The van der Waals surface area contributed by atoms with Gasteiger partial charge in [-0.3, -0.25) is 0 Å². The monoisotopic (exact) mass is 296 g/mol. The predicted octanol–water partition coefficient (Wildman–Crippen LogP) is 4.13. The number of carbonyl (C=O) groups is 1. The van der Waals surface area contributed by atoms with Gasteiger partial charge in [0.05, 0.1) is 19.8 Å². The highest BCUT2D eigenvalue weighted by Gasteiger charge is 2.03. The molecule has 2 rings (SSSR count). The van der Waals surface area contributed by atoms with Crippen LogP contribution in [0, 0.1) is 0 Å². The Bertz CT molecular complexity index is 625. The van der Waals surface area contributed by atoms with E-state index in [1.165, 1.54) is 12.7 Å². The van der Waals surface area contributed by atoms with Crippen LogP contribution in [-0.2, 0) is 11.2 Å². The summed E-state index contributed by atoms with van der Waals surface area (Å²) in [6, 6.07) is 15.5. The number of hydrogen-bond donors (Lipinski definition) is 0. The molecule has 3 heteroatoms. The molecule has 0 aliphatic heterocycles. The lowest BCUT2D eigenvalue weighted by molar-refractivity contribution is 0.0600. The molecule has 0 atom stereocenters. The van der Waals surface area contributed by atoms with Gasteiger partial charge in [-0.25, -0.2) is 4.79 Å². The molecule has 0 unspecified atom stereocenters. The minimum Gasteiger partial charge on any atom is -0.497 e. The van der Waals surface area contributed by atoms with Gasteiger partial charge in [0.15, 0.2) is 0 Å². The highest BCUT2D eigenvalue weighted by atomic mass is 16.5. The maximum absolute atomic E-state index is 11.3. The molecule has 2 aromatic rings. The molecule has 0 heterocycles. The predicted molar refractivity (Wildman–Crippen MR) is 88.1 cm³/mol. The molecule has 0 saturated heterocycles. The van der Waals surface area contributed by atoms with E-state index in [0.29, 0.717) is 5.56 Å². The molecule has 0 aliphatic carbocycles. The molecule has 3 nitrogen and oxygen atoms in total. The van der Waals surface area contributed by atoms with Crippen LogP contribution in [0.3, 0.4) is 0 Å². The summed E-state index contributed by atoms with van der Waals surface area (Å²) < 4.78 is 9.81. The summed E-state index contributed by atoms with van der Waals surface area (Å²) in [5, 5.41) is 0. The summed E-state index contributed by atoms with van der Waals surface area (Å²) in [4.78, 5) is 11.3. The van der Waals surface area contributed by atoms with Crippen LogP contribution in [-0.4, -0.2) is 20.2 Å². The van der Waals surface area contributed by atoms with Gasteiger partial charge >= 0.3 is 5.97 Å². The van der Waals surface area contributed by atoms with Crippen LogP contribution >= 0.6 is 0 Å². The van der Waals surface area contributed by atoms with Gasteiger partial charge in [0.25, 0.3) is 0 Å². The quantitative estimate of drug-likeness (QED) is 0.752. The van der Waals surface area contributed by atoms with Crippen molar-refractivity contribution in [3.63, 3.8) is 0 Å². The zero-order valence-electron chi connectivity index (χ0n) is 12.9. The Morgan fingerprint density at radius 1 is 1.00 bits per heavy atom. The van der Waals surface area contributed by atoms with E-state index in [1.807, 2.05) is 36.4 Å². The topological polar surface area (TPSA) is 35.5 Å². The van der Waals surface area contributed by atoms with Gasteiger partial charge in [0.1, 0.15) is 5.75 Å². The average molecular weight is 296 g/mol. The summed E-state index contributed by atoms with van der Waals surface area (Å²) >= 11 is 0. The number of esters is 1. The molecule has 0 saturated carbocycles. The Kier molecular flexibility index (Phi) is 5.78. The molecule has 114 valence electrons. The van der Waals surface area contributed by atoms with E-state index in [2.05, 4.69) is 16.9 Å². The van der Waals surface area contributed by atoms with Crippen LogP contribution in [0.4, 0.5) is 0 Å². The van der Waals surface area contributed by atoms with Crippen LogP contribution in [0.1, 0.15) is 27.9 Å². The van der Waals surface area contributed by atoms with Crippen molar-refractivity contribution in [1.29, 1.82) is 0 Å².